The minimum atomic E-state index is 0.148. The summed E-state index contributed by atoms with van der Waals surface area (Å²) in [4.78, 5) is 6.82. The van der Waals surface area contributed by atoms with E-state index in [-0.39, 0.29) is 5.41 Å². The molecule has 0 spiro atoms. The minimum absolute atomic E-state index is 0.148. The molecule has 2 heterocycles. The zero-order chi connectivity index (χ0) is 14.4. The summed E-state index contributed by atoms with van der Waals surface area (Å²) in [6, 6.07) is 4.14. The molecule has 0 amide bonds. The van der Waals surface area contributed by atoms with Crippen molar-refractivity contribution < 1.29 is 4.74 Å². The predicted molar refractivity (Wildman–Crippen MR) is 81.7 cm³/mol. The molecule has 0 bridgehead atoms. The van der Waals surface area contributed by atoms with Gasteiger partial charge in [-0.3, -0.25) is 4.90 Å². The number of rotatable bonds is 2. The smallest absolute Gasteiger partial charge is 0.113 e. The third kappa shape index (κ3) is 4.63. The number of morpholine rings is 1. The Bertz CT molecular complexity index is 470. The molecule has 0 saturated carbocycles. The van der Waals surface area contributed by atoms with E-state index in [1.54, 1.807) is 0 Å². The van der Waals surface area contributed by atoms with Crippen molar-refractivity contribution in [2.24, 2.45) is 0 Å². The van der Waals surface area contributed by atoms with Crippen molar-refractivity contribution in [3.8, 4) is 11.8 Å². The van der Waals surface area contributed by atoms with Gasteiger partial charge in [-0.25, -0.2) is 4.98 Å². The van der Waals surface area contributed by atoms with Crippen LogP contribution in [0.2, 0.25) is 0 Å². The average Bonchev–Trinajstić information content (AvgIpc) is 2.44. The molecule has 1 saturated heterocycles. The summed E-state index contributed by atoms with van der Waals surface area (Å²) >= 11 is 0. The average molecular weight is 272 g/mol. The Morgan fingerprint density at radius 1 is 1.25 bits per heavy atom. The van der Waals surface area contributed by atoms with Crippen LogP contribution < -0.4 is 0 Å². The van der Waals surface area contributed by atoms with Gasteiger partial charge in [0.05, 0.1) is 13.2 Å². The standard InChI is InChI=1S/C17H24N2O/c1-17(2,3)15-7-8-16(18-14-15)6-4-5-9-19-10-12-20-13-11-19/h7-8,14H,5,9-13H2,1-3H3. The molecule has 1 aliphatic rings. The molecule has 0 aromatic carbocycles. The van der Waals surface area contributed by atoms with E-state index >= 15 is 0 Å². The van der Waals surface area contributed by atoms with Crippen LogP contribution in [0.3, 0.4) is 0 Å². The van der Waals surface area contributed by atoms with Gasteiger partial charge in [0.1, 0.15) is 5.69 Å². The Balaban J connectivity index is 1.83. The minimum Gasteiger partial charge on any atom is -0.379 e. The fourth-order valence-corrected chi connectivity index (χ4v) is 2.10. The van der Waals surface area contributed by atoms with Gasteiger partial charge < -0.3 is 4.74 Å². The van der Waals surface area contributed by atoms with Gasteiger partial charge >= 0.3 is 0 Å². The summed E-state index contributed by atoms with van der Waals surface area (Å²) in [6.07, 6.45) is 2.83. The third-order valence-electron chi connectivity index (χ3n) is 3.50. The molecule has 20 heavy (non-hydrogen) atoms. The molecule has 0 aliphatic carbocycles. The highest BCUT2D eigenvalue weighted by Crippen LogP contribution is 2.20. The number of hydrogen-bond acceptors (Lipinski definition) is 3. The molecule has 1 aliphatic heterocycles. The number of aromatic nitrogens is 1. The first kappa shape index (κ1) is 15.0. The van der Waals surface area contributed by atoms with Gasteiger partial charge in [-0.2, -0.15) is 0 Å². The molecule has 2 rings (SSSR count). The van der Waals surface area contributed by atoms with E-state index in [9.17, 15) is 0 Å². The molecule has 0 radical (unpaired) electrons. The van der Waals surface area contributed by atoms with Crippen LogP contribution in [0, 0.1) is 11.8 Å². The van der Waals surface area contributed by atoms with Crippen molar-refractivity contribution in [1.82, 2.24) is 9.88 Å². The van der Waals surface area contributed by atoms with Crippen LogP contribution in [-0.2, 0) is 10.2 Å². The normalized spacial score (nSPS) is 16.6. The van der Waals surface area contributed by atoms with Gasteiger partial charge in [0, 0.05) is 32.3 Å². The fourth-order valence-electron chi connectivity index (χ4n) is 2.10. The lowest BCUT2D eigenvalue weighted by molar-refractivity contribution is 0.0390. The van der Waals surface area contributed by atoms with Crippen molar-refractivity contribution in [1.29, 1.82) is 0 Å². The summed E-state index contributed by atoms with van der Waals surface area (Å²) in [7, 11) is 0. The van der Waals surface area contributed by atoms with Crippen molar-refractivity contribution in [3.05, 3.63) is 29.6 Å². The van der Waals surface area contributed by atoms with Crippen LogP contribution in [0.25, 0.3) is 0 Å². The predicted octanol–water partition coefficient (Wildman–Crippen LogP) is 2.45. The maximum Gasteiger partial charge on any atom is 0.113 e. The Morgan fingerprint density at radius 2 is 2.00 bits per heavy atom. The van der Waals surface area contributed by atoms with Crippen LogP contribution in [0.5, 0.6) is 0 Å². The Morgan fingerprint density at radius 3 is 2.60 bits per heavy atom. The lowest BCUT2D eigenvalue weighted by atomic mass is 9.88. The number of ether oxygens (including phenoxy) is 1. The second kappa shape index (κ2) is 6.88. The van der Waals surface area contributed by atoms with Crippen LogP contribution >= 0.6 is 0 Å². The van der Waals surface area contributed by atoms with Crippen LogP contribution in [0.1, 0.15) is 38.4 Å². The molecule has 1 aromatic heterocycles. The second-order valence-corrected chi connectivity index (χ2v) is 6.19. The molecule has 3 nitrogen and oxygen atoms in total. The highest BCUT2D eigenvalue weighted by Gasteiger charge is 2.13. The zero-order valence-corrected chi connectivity index (χ0v) is 12.8. The third-order valence-corrected chi connectivity index (χ3v) is 3.50. The Labute approximate surface area is 122 Å². The van der Waals surface area contributed by atoms with E-state index in [1.807, 2.05) is 12.3 Å². The van der Waals surface area contributed by atoms with Gasteiger partial charge in [0.2, 0.25) is 0 Å². The summed E-state index contributed by atoms with van der Waals surface area (Å²) in [5.74, 6) is 6.36. The first-order valence-electron chi connectivity index (χ1n) is 7.31. The van der Waals surface area contributed by atoms with E-state index in [0.717, 1.165) is 45.0 Å². The van der Waals surface area contributed by atoms with Gasteiger partial charge in [-0.15, -0.1) is 0 Å². The molecule has 108 valence electrons. The van der Waals surface area contributed by atoms with E-state index < -0.39 is 0 Å². The van der Waals surface area contributed by atoms with Crippen LogP contribution in [0.4, 0.5) is 0 Å². The number of pyridine rings is 1. The first-order valence-corrected chi connectivity index (χ1v) is 7.31. The highest BCUT2D eigenvalue weighted by molar-refractivity contribution is 5.31. The summed E-state index contributed by atoms with van der Waals surface area (Å²) in [5.41, 5.74) is 2.26. The van der Waals surface area contributed by atoms with E-state index in [2.05, 4.69) is 48.6 Å². The second-order valence-electron chi connectivity index (χ2n) is 6.19. The maximum absolute atomic E-state index is 5.33. The number of hydrogen-bond donors (Lipinski definition) is 0. The zero-order valence-electron chi connectivity index (χ0n) is 12.8. The Kier molecular flexibility index (Phi) is 5.17. The quantitative estimate of drug-likeness (QED) is 0.773. The summed E-state index contributed by atoms with van der Waals surface area (Å²) < 4.78 is 5.33. The molecule has 0 atom stereocenters. The van der Waals surface area contributed by atoms with Gasteiger partial charge in [0.25, 0.3) is 0 Å². The summed E-state index contributed by atoms with van der Waals surface area (Å²) in [5, 5.41) is 0. The molecule has 3 heteroatoms. The summed E-state index contributed by atoms with van der Waals surface area (Å²) in [6.45, 7) is 11.4. The largest absolute Gasteiger partial charge is 0.379 e. The van der Waals surface area contributed by atoms with Gasteiger partial charge in [-0.1, -0.05) is 32.8 Å². The lowest BCUT2D eigenvalue weighted by Gasteiger charge is -2.25. The molecular formula is C17H24N2O. The lowest BCUT2D eigenvalue weighted by Crippen LogP contribution is -2.36. The number of nitrogens with zero attached hydrogens (tertiary/aromatic N) is 2. The molecule has 0 N–H and O–H groups in total. The van der Waals surface area contributed by atoms with Crippen LogP contribution in [-0.4, -0.2) is 42.7 Å². The van der Waals surface area contributed by atoms with E-state index in [1.165, 1.54) is 5.56 Å². The molecule has 1 fully saturated rings. The van der Waals surface area contributed by atoms with Crippen LogP contribution in [0.15, 0.2) is 18.3 Å². The molecule has 0 unspecified atom stereocenters. The first-order chi connectivity index (χ1) is 9.55. The molecular weight excluding hydrogens is 248 g/mol. The van der Waals surface area contributed by atoms with Crippen molar-refractivity contribution in [2.75, 3.05) is 32.8 Å². The molecule has 1 aromatic rings. The SMILES string of the molecule is CC(C)(C)c1ccc(C#CCCN2CCOCC2)nc1. The monoisotopic (exact) mass is 272 g/mol. The Hall–Kier alpha value is -1.37. The van der Waals surface area contributed by atoms with Gasteiger partial charge in [-0.05, 0) is 23.0 Å². The van der Waals surface area contributed by atoms with Crippen molar-refractivity contribution in [3.63, 3.8) is 0 Å². The fraction of sp³-hybridized carbons (Fsp3) is 0.588. The van der Waals surface area contributed by atoms with Gasteiger partial charge in [0.15, 0.2) is 0 Å². The topological polar surface area (TPSA) is 25.4 Å². The highest BCUT2D eigenvalue weighted by atomic mass is 16.5. The maximum atomic E-state index is 5.33. The van der Waals surface area contributed by atoms with E-state index in [0.29, 0.717) is 0 Å². The van der Waals surface area contributed by atoms with Crippen molar-refractivity contribution >= 4 is 0 Å². The van der Waals surface area contributed by atoms with E-state index in [4.69, 9.17) is 4.74 Å². The van der Waals surface area contributed by atoms with Crippen molar-refractivity contribution in [2.45, 2.75) is 32.6 Å².